The molecule has 3 heterocycles. The smallest absolute Gasteiger partial charge is 0.0992 e. The van der Waals surface area contributed by atoms with Gasteiger partial charge in [0.2, 0.25) is 0 Å². The summed E-state index contributed by atoms with van der Waals surface area (Å²) >= 11 is 6.17. The average Bonchev–Trinajstić information content (AvgIpc) is 3.01. The van der Waals surface area contributed by atoms with Crippen molar-refractivity contribution in [2.75, 3.05) is 13.1 Å². The van der Waals surface area contributed by atoms with Gasteiger partial charge < -0.3 is 14.8 Å². The fourth-order valence-electron chi connectivity index (χ4n) is 3.81. The molecule has 1 aliphatic heterocycles. The van der Waals surface area contributed by atoms with E-state index in [4.69, 9.17) is 11.6 Å². The van der Waals surface area contributed by atoms with Crippen LogP contribution in [-0.2, 0) is 5.60 Å². The van der Waals surface area contributed by atoms with Gasteiger partial charge in [0.1, 0.15) is 0 Å². The van der Waals surface area contributed by atoms with E-state index in [-0.39, 0.29) is 12.4 Å². The Morgan fingerprint density at radius 3 is 2.75 bits per heavy atom. The molecule has 0 spiro atoms. The fourth-order valence-corrected chi connectivity index (χ4v) is 4.02. The third-order valence-corrected chi connectivity index (χ3v) is 4.87. The van der Waals surface area contributed by atoms with Gasteiger partial charge in [-0.1, -0.05) is 11.6 Å². The number of nitrogens with zero attached hydrogens (tertiary/aromatic N) is 2. The fraction of sp³-hybridized carbons (Fsp3) is 0.500. The predicted octanol–water partition coefficient (Wildman–Crippen LogP) is 2.23. The third-order valence-electron chi connectivity index (χ3n) is 4.67. The number of rotatable bonds is 1. The first-order valence-electron chi connectivity index (χ1n) is 6.70. The molecule has 108 valence electrons. The van der Waals surface area contributed by atoms with E-state index in [9.17, 15) is 5.11 Å². The van der Waals surface area contributed by atoms with Gasteiger partial charge in [0.15, 0.2) is 0 Å². The molecule has 0 aromatic carbocycles. The van der Waals surface area contributed by atoms with Crippen LogP contribution in [0.2, 0.25) is 5.02 Å². The highest BCUT2D eigenvalue weighted by Gasteiger charge is 2.47. The van der Waals surface area contributed by atoms with E-state index in [1.807, 2.05) is 16.7 Å². The number of fused-ring (bicyclic) bond motifs is 2. The van der Waals surface area contributed by atoms with Crippen LogP contribution in [0.5, 0.6) is 0 Å². The van der Waals surface area contributed by atoms with Crippen LogP contribution in [0.4, 0.5) is 0 Å². The van der Waals surface area contributed by atoms with E-state index >= 15 is 0 Å². The van der Waals surface area contributed by atoms with Crippen LogP contribution in [0.15, 0.2) is 24.8 Å². The zero-order valence-corrected chi connectivity index (χ0v) is 12.5. The highest BCUT2D eigenvalue weighted by molar-refractivity contribution is 6.30. The summed E-state index contributed by atoms with van der Waals surface area (Å²) in [6, 6.07) is 1.90. The van der Waals surface area contributed by atoms with E-state index in [0.717, 1.165) is 37.0 Å². The SMILES string of the molecule is Cl.OC1(c2cc(Cl)cn3cncc23)C[C@H]2CNC[C@@H]2C1. The van der Waals surface area contributed by atoms with Gasteiger partial charge in [-0.05, 0) is 43.8 Å². The number of hydrogen-bond donors (Lipinski definition) is 2. The maximum absolute atomic E-state index is 11.1. The summed E-state index contributed by atoms with van der Waals surface area (Å²) in [7, 11) is 0. The number of aliphatic hydroxyl groups is 1. The number of pyridine rings is 1. The Balaban J connectivity index is 0.00000121. The van der Waals surface area contributed by atoms with E-state index in [1.54, 1.807) is 12.5 Å². The summed E-state index contributed by atoms with van der Waals surface area (Å²) < 4.78 is 1.89. The number of nitrogens with one attached hydrogen (secondary N) is 1. The molecule has 2 fully saturated rings. The van der Waals surface area contributed by atoms with Crippen molar-refractivity contribution in [3.05, 3.63) is 35.4 Å². The van der Waals surface area contributed by atoms with Crippen LogP contribution >= 0.6 is 24.0 Å². The lowest BCUT2D eigenvalue weighted by Crippen LogP contribution is -2.26. The standard InChI is InChI=1S/C14H16ClN3O.ClH/c15-11-1-12(13-6-17-8-18(13)7-11)14(19)2-9-4-16-5-10(9)3-14;/h1,6-10,16,19H,2-5H2;1H/t9-,10-;/m0./s1. The summed E-state index contributed by atoms with van der Waals surface area (Å²) in [5.41, 5.74) is 1.12. The minimum absolute atomic E-state index is 0. The summed E-state index contributed by atoms with van der Waals surface area (Å²) in [6.07, 6.45) is 6.98. The molecule has 2 aromatic heterocycles. The highest BCUT2D eigenvalue weighted by Crippen LogP contribution is 2.48. The topological polar surface area (TPSA) is 49.6 Å². The molecule has 2 N–H and O–H groups in total. The molecule has 0 radical (unpaired) electrons. The monoisotopic (exact) mass is 313 g/mol. The van der Waals surface area contributed by atoms with Crippen LogP contribution in [0.25, 0.3) is 5.52 Å². The first-order chi connectivity index (χ1) is 9.16. The van der Waals surface area contributed by atoms with E-state index in [0.29, 0.717) is 16.9 Å². The summed E-state index contributed by atoms with van der Waals surface area (Å²) in [4.78, 5) is 4.16. The molecule has 6 heteroatoms. The van der Waals surface area contributed by atoms with Crippen molar-refractivity contribution < 1.29 is 5.11 Å². The molecular weight excluding hydrogens is 297 g/mol. The zero-order valence-electron chi connectivity index (χ0n) is 10.9. The quantitative estimate of drug-likeness (QED) is 0.849. The average molecular weight is 314 g/mol. The van der Waals surface area contributed by atoms with Gasteiger partial charge in [-0.25, -0.2) is 4.98 Å². The molecule has 0 bridgehead atoms. The van der Waals surface area contributed by atoms with Crippen LogP contribution in [0, 0.1) is 11.8 Å². The molecule has 2 aliphatic rings. The molecule has 2 aromatic rings. The Bertz CT molecular complexity index is 630. The van der Waals surface area contributed by atoms with E-state index in [2.05, 4.69) is 10.3 Å². The Kier molecular flexibility index (Phi) is 3.45. The molecular formula is C14H17Cl2N3O. The second-order valence-electron chi connectivity index (χ2n) is 5.88. The van der Waals surface area contributed by atoms with Crippen LogP contribution in [0.1, 0.15) is 18.4 Å². The number of imidazole rings is 1. The van der Waals surface area contributed by atoms with Crippen molar-refractivity contribution >= 4 is 29.5 Å². The van der Waals surface area contributed by atoms with Gasteiger partial charge in [0.05, 0.1) is 28.7 Å². The minimum Gasteiger partial charge on any atom is -0.385 e. The zero-order chi connectivity index (χ0) is 13.0. The van der Waals surface area contributed by atoms with Gasteiger partial charge in [-0.2, -0.15) is 0 Å². The van der Waals surface area contributed by atoms with Crippen molar-refractivity contribution in [2.45, 2.75) is 18.4 Å². The normalized spacial score (nSPS) is 27.5. The molecule has 1 saturated carbocycles. The van der Waals surface area contributed by atoms with E-state index < -0.39 is 5.60 Å². The van der Waals surface area contributed by atoms with Gasteiger partial charge >= 0.3 is 0 Å². The van der Waals surface area contributed by atoms with Crippen LogP contribution in [0.3, 0.4) is 0 Å². The summed E-state index contributed by atoms with van der Waals surface area (Å²) in [6.45, 7) is 2.03. The van der Waals surface area contributed by atoms with Crippen molar-refractivity contribution in [3.8, 4) is 0 Å². The predicted molar refractivity (Wildman–Crippen MR) is 80.4 cm³/mol. The lowest BCUT2D eigenvalue weighted by atomic mass is 9.90. The Labute approximate surface area is 128 Å². The maximum Gasteiger partial charge on any atom is 0.0992 e. The van der Waals surface area contributed by atoms with E-state index in [1.165, 1.54) is 0 Å². The van der Waals surface area contributed by atoms with Crippen molar-refractivity contribution in [2.24, 2.45) is 11.8 Å². The maximum atomic E-state index is 11.1. The van der Waals surface area contributed by atoms with Crippen molar-refractivity contribution in [3.63, 3.8) is 0 Å². The van der Waals surface area contributed by atoms with Gasteiger partial charge in [-0.15, -0.1) is 12.4 Å². The lowest BCUT2D eigenvalue weighted by molar-refractivity contribution is 0.0370. The largest absolute Gasteiger partial charge is 0.385 e. The minimum atomic E-state index is -0.760. The highest BCUT2D eigenvalue weighted by atomic mass is 35.5. The molecule has 4 rings (SSSR count). The summed E-state index contributed by atoms with van der Waals surface area (Å²) in [5, 5.41) is 15.1. The Morgan fingerprint density at radius 1 is 1.35 bits per heavy atom. The Hall–Kier alpha value is -0.810. The van der Waals surface area contributed by atoms with Gasteiger partial charge in [0, 0.05) is 11.8 Å². The molecule has 0 unspecified atom stereocenters. The lowest BCUT2D eigenvalue weighted by Gasteiger charge is -2.25. The molecule has 20 heavy (non-hydrogen) atoms. The number of aromatic nitrogens is 2. The van der Waals surface area contributed by atoms with Crippen molar-refractivity contribution in [1.29, 1.82) is 0 Å². The van der Waals surface area contributed by atoms with Crippen LogP contribution in [-0.4, -0.2) is 27.6 Å². The Morgan fingerprint density at radius 2 is 2.05 bits per heavy atom. The number of hydrogen-bond acceptors (Lipinski definition) is 3. The van der Waals surface area contributed by atoms with Gasteiger partial charge in [0.25, 0.3) is 0 Å². The summed E-state index contributed by atoms with van der Waals surface area (Å²) in [5.74, 6) is 1.15. The second kappa shape index (κ2) is 4.88. The molecule has 1 aliphatic carbocycles. The first-order valence-corrected chi connectivity index (χ1v) is 7.08. The molecule has 2 atom stereocenters. The third kappa shape index (κ3) is 2.02. The molecule has 1 saturated heterocycles. The van der Waals surface area contributed by atoms with Crippen molar-refractivity contribution in [1.82, 2.24) is 14.7 Å². The molecule has 0 amide bonds. The van der Waals surface area contributed by atoms with Crippen LogP contribution < -0.4 is 5.32 Å². The number of halogens is 2. The molecule has 4 nitrogen and oxygen atoms in total. The first kappa shape index (κ1) is 14.1. The van der Waals surface area contributed by atoms with Gasteiger partial charge in [-0.3, -0.25) is 0 Å². The second-order valence-corrected chi connectivity index (χ2v) is 6.31.